The van der Waals surface area contributed by atoms with Crippen molar-refractivity contribution in [3.63, 3.8) is 0 Å². The Hall–Kier alpha value is -2.00. The Morgan fingerprint density at radius 1 is 1.00 bits per heavy atom. The Labute approximate surface area is 144 Å². The molecule has 0 aliphatic heterocycles. The molecule has 0 fully saturated rings. The number of hydrogen-bond donors (Lipinski definition) is 0. The summed E-state index contributed by atoms with van der Waals surface area (Å²) in [7, 11) is 0. The number of aryl methyl sites for hydroxylation is 1. The first-order chi connectivity index (χ1) is 10.9. The van der Waals surface area contributed by atoms with E-state index in [1.807, 2.05) is 44.3 Å². The van der Waals surface area contributed by atoms with Gasteiger partial charge in [0.05, 0.1) is 5.69 Å². The van der Waals surface area contributed by atoms with E-state index in [-0.39, 0.29) is 7.43 Å². The fraction of sp³-hybridized carbons (Fsp3) is 0.300. The van der Waals surface area contributed by atoms with E-state index >= 15 is 0 Å². The molecule has 2 heterocycles. The standard InChI is InChI=1S/C17H16N2S.C2H6.CH4/c1-2-6-15-11-14(9-10-18-15)17-19-16(12-20-17)13-7-4-3-5-8-13;1-2;/h3-5,7-12H,2,6H2,1H3;1-2H3;1H4. The summed E-state index contributed by atoms with van der Waals surface area (Å²) in [6, 6.07) is 14.5. The van der Waals surface area contributed by atoms with Crippen LogP contribution in [-0.2, 0) is 6.42 Å². The molecule has 0 spiro atoms. The smallest absolute Gasteiger partial charge is 0.124 e. The van der Waals surface area contributed by atoms with Crippen molar-refractivity contribution in [2.45, 2.75) is 41.0 Å². The summed E-state index contributed by atoms with van der Waals surface area (Å²) < 4.78 is 0. The fourth-order valence-corrected chi connectivity index (χ4v) is 2.98. The number of rotatable bonds is 4. The number of nitrogens with zero attached hydrogens (tertiary/aromatic N) is 2. The van der Waals surface area contributed by atoms with Crippen molar-refractivity contribution >= 4 is 11.3 Å². The summed E-state index contributed by atoms with van der Waals surface area (Å²) in [5.41, 5.74) is 4.51. The van der Waals surface area contributed by atoms with Gasteiger partial charge in [0.2, 0.25) is 0 Å². The van der Waals surface area contributed by atoms with E-state index in [0.717, 1.165) is 40.4 Å². The van der Waals surface area contributed by atoms with Crippen molar-refractivity contribution in [3.8, 4) is 21.8 Å². The lowest BCUT2D eigenvalue weighted by molar-refractivity contribution is 0.883. The third kappa shape index (κ3) is 5.00. The quantitative estimate of drug-likeness (QED) is 0.548. The monoisotopic (exact) mass is 326 g/mol. The second kappa shape index (κ2) is 9.90. The molecule has 0 bridgehead atoms. The van der Waals surface area contributed by atoms with E-state index in [0.29, 0.717) is 0 Å². The Morgan fingerprint density at radius 3 is 2.43 bits per heavy atom. The lowest BCUT2D eigenvalue weighted by atomic mass is 10.1. The van der Waals surface area contributed by atoms with Crippen molar-refractivity contribution < 1.29 is 0 Å². The highest BCUT2D eigenvalue weighted by molar-refractivity contribution is 7.13. The molecule has 0 radical (unpaired) electrons. The Morgan fingerprint density at radius 2 is 1.74 bits per heavy atom. The first kappa shape index (κ1) is 19.0. The van der Waals surface area contributed by atoms with Gasteiger partial charge in [0.1, 0.15) is 5.01 Å². The van der Waals surface area contributed by atoms with Crippen LogP contribution in [0.4, 0.5) is 0 Å². The largest absolute Gasteiger partial charge is 0.261 e. The van der Waals surface area contributed by atoms with Gasteiger partial charge in [0, 0.05) is 28.4 Å². The average molecular weight is 327 g/mol. The summed E-state index contributed by atoms with van der Waals surface area (Å²) in [4.78, 5) is 9.14. The second-order valence-electron chi connectivity index (χ2n) is 4.69. The zero-order valence-electron chi connectivity index (χ0n) is 13.4. The Balaban J connectivity index is 0.000000849. The summed E-state index contributed by atoms with van der Waals surface area (Å²) >= 11 is 1.69. The molecule has 122 valence electrons. The fourth-order valence-electron chi connectivity index (χ4n) is 2.15. The molecule has 0 atom stereocenters. The van der Waals surface area contributed by atoms with Gasteiger partial charge in [-0.3, -0.25) is 4.98 Å². The van der Waals surface area contributed by atoms with Crippen molar-refractivity contribution in [2.24, 2.45) is 0 Å². The molecule has 0 saturated heterocycles. The molecule has 0 aliphatic rings. The summed E-state index contributed by atoms with van der Waals surface area (Å²) in [5, 5.41) is 3.17. The molecule has 23 heavy (non-hydrogen) atoms. The van der Waals surface area contributed by atoms with Crippen LogP contribution in [0.15, 0.2) is 54.0 Å². The highest BCUT2D eigenvalue weighted by Gasteiger charge is 2.07. The number of hydrogen-bond acceptors (Lipinski definition) is 3. The van der Waals surface area contributed by atoms with Crippen LogP contribution in [0.25, 0.3) is 21.8 Å². The van der Waals surface area contributed by atoms with Crippen LogP contribution < -0.4 is 0 Å². The van der Waals surface area contributed by atoms with Gasteiger partial charge in [-0.2, -0.15) is 0 Å². The van der Waals surface area contributed by atoms with Gasteiger partial charge >= 0.3 is 0 Å². The summed E-state index contributed by atoms with van der Waals surface area (Å²) in [5.74, 6) is 0. The van der Waals surface area contributed by atoms with Gasteiger partial charge in [0.15, 0.2) is 0 Å². The lowest BCUT2D eigenvalue weighted by Gasteiger charge is -2.00. The van der Waals surface area contributed by atoms with E-state index in [1.165, 1.54) is 0 Å². The van der Waals surface area contributed by atoms with Gasteiger partial charge in [-0.15, -0.1) is 11.3 Å². The first-order valence-electron chi connectivity index (χ1n) is 7.83. The maximum Gasteiger partial charge on any atom is 0.124 e. The van der Waals surface area contributed by atoms with Crippen LogP contribution in [0, 0.1) is 0 Å². The zero-order valence-corrected chi connectivity index (χ0v) is 14.2. The van der Waals surface area contributed by atoms with E-state index in [2.05, 4.69) is 35.5 Å². The van der Waals surface area contributed by atoms with Crippen LogP contribution in [0.1, 0.15) is 40.3 Å². The minimum atomic E-state index is 0. The van der Waals surface area contributed by atoms with Gasteiger partial charge in [-0.05, 0) is 18.6 Å². The lowest BCUT2D eigenvalue weighted by Crippen LogP contribution is -1.89. The molecule has 0 saturated carbocycles. The van der Waals surface area contributed by atoms with Crippen LogP contribution in [-0.4, -0.2) is 9.97 Å². The highest BCUT2D eigenvalue weighted by Crippen LogP contribution is 2.28. The number of aromatic nitrogens is 2. The zero-order chi connectivity index (χ0) is 15.8. The predicted molar refractivity (Wildman–Crippen MR) is 103 cm³/mol. The van der Waals surface area contributed by atoms with Crippen LogP contribution in [0.3, 0.4) is 0 Å². The minimum absolute atomic E-state index is 0. The predicted octanol–water partition coefficient (Wildman–Crippen LogP) is 6.49. The molecule has 3 heteroatoms. The Bertz CT molecular complexity index is 690. The molecule has 1 aromatic carbocycles. The third-order valence-corrected chi connectivity index (χ3v) is 4.03. The van der Waals surface area contributed by atoms with E-state index in [9.17, 15) is 0 Å². The number of pyridine rings is 1. The van der Waals surface area contributed by atoms with Crippen LogP contribution in [0.5, 0.6) is 0 Å². The maximum atomic E-state index is 4.74. The normalized spacial score (nSPS) is 9.52. The van der Waals surface area contributed by atoms with Gasteiger partial charge in [-0.1, -0.05) is 65.0 Å². The average Bonchev–Trinajstić information content (AvgIpc) is 3.08. The summed E-state index contributed by atoms with van der Waals surface area (Å²) in [6.07, 6.45) is 4.01. The molecule has 0 amide bonds. The molecule has 3 rings (SSSR count). The first-order valence-corrected chi connectivity index (χ1v) is 8.71. The molecular formula is C20H26N2S. The van der Waals surface area contributed by atoms with E-state index < -0.39 is 0 Å². The third-order valence-electron chi connectivity index (χ3n) is 3.14. The van der Waals surface area contributed by atoms with Gasteiger partial charge in [0.25, 0.3) is 0 Å². The second-order valence-corrected chi connectivity index (χ2v) is 5.55. The van der Waals surface area contributed by atoms with Crippen LogP contribution >= 0.6 is 11.3 Å². The molecule has 0 unspecified atom stereocenters. The molecule has 0 aliphatic carbocycles. The molecule has 2 aromatic heterocycles. The van der Waals surface area contributed by atoms with Crippen molar-refractivity contribution in [1.82, 2.24) is 9.97 Å². The molecule has 0 N–H and O–H groups in total. The van der Waals surface area contributed by atoms with Gasteiger partial charge in [-0.25, -0.2) is 4.98 Å². The minimum Gasteiger partial charge on any atom is -0.261 e. The van der Waals surface area contributed by atoms with Crippen molar-refractivity contribution in [2.75, 3.05) is 0 Å². The topological polar surface area (TPSA) is 25.8 Å². The van der Waals surface area contributed by atoms with Gasteiger partial charge < -0.3 is 0 Å². The van der Waals surface area contributed by atoms with Crippen LogP contribution in [0.2, 0.25) is 0 Å². The SMILES string of the molecule is C.CC.CCCc1cc(-c2nc(-c3ccccc3)cs2)ccn1. The van der Waals surface area contributed by atoms with Crippen molar-refractivity contribution in [1.29, 1.82) is 0 Å². The highest BCUT2D eigenvalue weighted by atomic mass is 32.1. The van der Waals surface area contributed by atoms with Crippen molar-refractivity contribution in [3.05, 3.63) is 59.7 Å². The number of benzene rings is 1. The molecule has 2 nitrogen and oxygen atoms in total. The Kier molecular flexibility index (Phi) is 8.20. The van der Waals surface area contributed by atoms with E-state index in [1.54, 1.807) is 11.3 Å². The summed E-state index contributed by atoms with van der Waals surface area (Å²) in [6.45, 7) is 6.17. The molecular weight excluding hydrogens is 300 g/mol. The van der Waals surface area contributed by atoms with E-state index in [4.69, 9.17) is 4.98 Å². The molecule has 3 aromatic rings. The maximum absolute atomic E-state index is 4.74. The number of thiazole rings is 1.